The zero-order chi connectivity index (χ0) is 20.2. The van der Waals surface area contributed by atoms with Gasteiger partial charge in [0.2, 0.25) is 0 Å². The number of hydrogen-bond acceptors (Lipinski definition) is 3. The van der Waals surface area contributed by atoms with E-state index in [0.29, 0.717) is 6.04 Å². The van der Waals surface area contributed by atoms with Crippen LogP contribution >= 0.6 is 24.0 Å². The van der Waals surface area contributed by atoms with Gasteiger partial charge < -0.3 is 15.5 Å². The van der Waals surface area contributed by atoms with Crippen molar-refractivity contribution in [3.63, 3.8) is 0 Å². The van der Waals surface area contributed by atoms with Crippen molar-refractivity contribution in [3.8, 4) is 0 Å². The fourth-order valence-electron chi connectivity index (χ4n) is 2.97. The molecule has 1 atom stereocenters. The van der Waals surface area contributed by atoms with Crippen LogP contribution in [0.5, 0.6) is 0 Å². The summed E-state index contributed by atoms with van der Waals surface area (Å²) in [5.74, 6) is 0.877. The molecule has 1 aromatic carbocycles. The van der Waals surface area contributed by atoms with Gasteiger partial charge in [0.1, 0.15) is 0 Å². The minimum atomic E-state index is 0. The van der Waals surface area contributed by atoms with Crippen molar-refractivity contribution >= 4 is 35.8 Å². The van der Waals surface area contributed by atoms with Crippen LogP contribution in [-0.4, -0.2) is 74.5 Å². The highest BCUT2D eigenvalue weighted by molar-refractivity contribution is 14.0. The number of hydrogen-bond donors (Lipinski definition) is 2. The van der Waals surface area contributed by atoms with E-state index in [1.165, 1.54) is 0 Å². The molecule has 2 N–H and O–H groups in total. The minimum absolute atomic E-state index is 0. The molecule has 0 fully saturated rings. The number of halogens is 1. The number of benzene rings is 1. The molecule has 1 amide bonds. The van der Waals surface area contributed by atoms with E-state index in [4.69, 9.17) is 4.99 Å². The zero-order valence-corrected chi connectivity index (χ0v) is 20.6. The highest BCUT2D eigenvalue weighted by atomic mass is 127. The lowest BCUT2D eigenvalue weighted by atomic mass is 10.1. The summed E-state index contributed by atoms with van der Waals surface area (Å²) in [4.78, 5) is 20.8. The predicted molar refractivity (Wildman–Crippen MR) is 130 cm³/mol. The average Bonchev–Trinajstić information content (AvgIpc) is 2.66. The number of likely N-dealkylation sites (N-methyl/N-ethyl adjacent to an activating group) is 1. The average molecular weight is 503 g/mol. The van der Waals surface area contributed by atoms with Crippen molar-refractivity contribution < 1.29 is 4.79 Å². The molecule has 160 valence electrons. The maximum atomic E-state index is 12.1. The standard InChI is InChI=1S/C21H37N5O.HI/c1-7-22-21(24-16-17(4)26(8-2)9-3)23-14-13-18-11-10-12-19(15-18)20(27)25(5)6;/h10-12,15,17H,7-9,13-14,16H2,1-6H3,(H2,22,23,24);1H. The summed E-state index contributed by atoms with van der Waals surface area (Å²) < 4.78 is 0. The van der Waals surface area contributed by atoms with Crippen LogP contribution < -0.4 is 10.6 Å². The number of carbonyl (C=O) groups is 1. The van der Waals surface area contributed by atoms with Crippen LogP contribution in [0.2, 0.25) is 0 Å². The minimum Gasteiger partial charge on any atom is -0.357 e. The molecular formula is C21H38IN5O. The second-order valence-electron chi connectivity index (χ2n) is 6.87. The third-order valence-corrected chi connectivity index (χ3v) is 4.58. The van der Waals surface area contributed by atoms with Gasteiger partial charge in [0.15, 0.2) is 5.96 Å². The lowest BCUT2D eigenvalue weighted by Crippen LogP contribution is -2.40. The van der Waals surface area contributed by atoms with Gasteiger partial charge in [-0.1, -0.05) is 26.0 Å². The number of amides is 1. The molecule has 0 radical (unpaired) electrons. The molecule has 0 aromatic heterocycles. The zero-order valence-electron chi connectivity index (χ0n) is 18.3. The summed E-state index contributed by atoms with van der Waals surface area (Å²) in [6.07, 6.45) is 0.838. The van der Waals surface area contributed by atoms with E-state index in [0.717, 1.165) is 56.2 Å². The van der Waals surface area contributed by atoms with Gasteiger partial charge in [0.25, 0.3) is 5.91 Å². The van der Waals surface area contributed by atoms with Crippen molar-refractivity contribution in [2.24, 2.45) is 4.99 Å². The molecule has 1 unspecified atom stereocenters. The fraction of sp³-hybridized carbons (Fsp3) is 0.619. The van der Waals surface area contributed by atoms with Crippen molar-refractivity contribution in [1.29, 1.82) is 0 Å². The third kappa shape index (κ3) is 9.23. The van der Waals surface area contributed by atoms with Gasteiger partial charge in [-0.3, -0.25) is 14.7 Å². The molecule has 0 aliphatic rings. The summed E-state index contributed by atoms with van der Waals surface area (Å²) in [5, 5.41) is 6.70. The maximum Gasteiger partial charge on any atom is 0.253 e. The van der Waals surface area contributed by atoms with Crippen LogP contribution in [0.3, 0.4) is 0 Å². The number of nitrogens with one attached hydrogen (secondary N) is 2. The molecule has 0 saturated heterocycles. The Morgan fingerprint density at radius 2 is 1.82 bits per heavy atom. The predicted octanol–water partition coefficient (Wildman–Crippen LogP) is 2.83. The Labute approximate surface area is 188 Å². The lowest BCUT2D eigenvalue weighted by Gasteiger charge is -2.25. The van der Waals surface area contributed by atoms with Gasteiger partial charge in [-0.05, 0) is 51.1 Å². The van der Waals surface area contributed by atoms with E-state index >= 15 is 0 Å². The maximum absolute atomic E-state index is 12.1. The first-order valence-corrected chi connectivity index (χ1v) is 9.99. The van der Waals surface area contributed by atoms with E-state index < -0.39 is 0 Å². The van der Waals surface area contributed by atoms with E-state index in [2.05, 4.69) is 49.3 Å². The van der Waals surface area contributed by atoms with Crippen LogP contribution in [0, 0.1) is 0 Å². The monoisotopic (exact) mass is 503 g/mol. The van der Waals surface area contributed by atoms with Gasteiger partial charge in [0, 0.05) is 38.8 Å². The Hall–Kier alpha value is -1.35. The Morgan fingerprint density at radius 3 is 2.39 bits per heavy atom. The van der Waals surface area contributed by atoms with E-state index in [9.17, 15) is 4.79 Å². The molecule has 0 bridgehead atoms. The number of nitrogens with zero attached hydrogens (tertiary/aromatic N) is 3. The first-order valence-electron chi connectivity index (χ1n) is 9.99. The number of carbonyl (C=O) groups excluding carboxylic acids is 1. The fourth-order valence-corrected chi connectivity index (χ4v) is 2.97. The Balaban J connectivity index is 0.00000729. The molecular weight excluding hydrogens is 465 g/mol. The van der Waals surface area contributed by atoms with Crippen LogP contribution in [-0.2, 0) is 6.42 Å². The highest BCUT2D eigenvalue weighted by Crippen LogP contribution is 2.07. The Bertz CT molecular complexity index is 602. The molecule has 6 nitrogen and oxygen atoms in total. The Morgan fingerprint density at radius 1 is 1.14 bits per heavy atom. The van der Waals surface area contributed by atoms with Crippen LogP contribution in [0.4, 0.5) is 0 Å². The summed E-state index contributed by atoms with van der Waals surface area (Å²) >= 11 is 0. The molecule has 7 heteroatoms. The molecule has 0 aliphatic heterocycles. The van der Waals surface area contributed by atoms with Gasteiger partial charge in [-0.25, -0.2) is 0 Å². The smallest absolute Gasteiger partial charge is 0.253 e. The van der Waals surface area contributed by atoms with Crippen molar-refractivity contribution in [3.05, 3.63) is 35.4 Å². The molecule has 1 rings (SSSR count). The van der Waals surface area contributed by atoms with Crippen LogP contribution in [0.25, 0.3) is 0 Å². The van der Waals surface area contributed by atoms with Gasteiger partial charge in [0.05, 0.1) is 6.54 Å². The molecule has 0 saturated carbocycles. The van der Waals surface area contributed by atoms with Crippen LogP contribution in [0.1, 0.15) is 43.6 Å². The number of guanidine groups is 1. The first kappa shape index (κ1) is 26.6. The second kappa shape index (κ2) is 14.6. The van der Waals surface area contributed by atoms with Crippen LogP contribution in [0.15, 0.2) is 29.3 Å². The summed E-state index contributed by atoms with van der Waals surface area (Å²) in [6, 6.07) is 8.25. The summed E-state index contributed by atoms with van der Waals surface area (Å²) in [7, 11) is 3.55. The van der Waals surface area contributed by atoms with E-state index in [1.54, 1.807) is 19.0 Å². The van der Waals surface area contributed by atoms with E-state index in [1.807, 2.05) is 18.2 Å². The third-order valence-electron chi connectivity index (χ3n) is 4.58. The highest BCUT2D eigenvalue weighted by Gasteiger charge is 2.10. The number of aliphatic imine (C=N–C) groups is 1. The van der Waals surface area contributed by atoms with Crippen molar-refractivity contribution in [1.82, 2.24) is 20.4 Å². The number of rotatable bonds is 10. The van der Waals surface area contributed by atoms with Crippen molar-refractivity contribution in [2.75, 3.05) is 46.8 Å². The molecule has 0 heterocycles. The SMILES string of the molecule is CCNC(=NCC(C)N(CC)CC)NCCc1cccc(C(=O)N(C)C)c1.I. The van der Waals surface area contributed by atoms with E-state index in [-0.39, 0.29) is 29.9 Å². The lowest BCUT2D eigenvalue weighted by molar-refractivity contribution is 0.0827. The largest absolute Gasteiger partial charge is 0.357 e. The molecule has 1 aromatic rings. The second-order valence-corrected chi connectivity index (χ2v) is 6.87. The Kier molecular flexibility index (Phi) is 13.9. The summed E-state index contributed by atoms with van der Waals surface area (Å²) in [5.41, 5.74) is 1.87. The first-order chi connectivity index (χ1) is 12.9. The molecule has 0 spiro atoms. The van der Waals surface area contributed by atoms with Gasteiger partial charge >= 0.3 is 0 Å². The van der Waals surface area contributed by atoms with Gasteiger partial charge in [-0.2, -0.15) is 0 Å². The normalized spacial score (nSPS) is 12.3. The topological polar surface area (TPSA) is 60.0 Å². The summed E-state index contributed by atoms with van der Waals surface area (Å²) in [6.45, 7) is 13.1. The quantitative estimate of drug-likeness (QED) is 0.293. The van der Waals surface area contributed by atoms with Crippen molar-refractivity contribution in [2.45, 2.75) is 40.2 Å². The van der Waals surface area contributed by atoms with Gasteiger partial charge in [-0.15, -0.1) is 24.0 Å². The molecule has 28 heavy (non-hydrogen) atoms. The molecule has 0 aliphatic carbocycles.